The first-order chi connectivity index (χ1) is 7.67. The molecule has 1 N–H and O–H groups in total. The van der Waals surface area contributed by atoms with Crippen LogP contribution in [0.15, 0.2) is 4.52 Å². The van der Waals surface area contributed by atoms with E-state index >= 15 is 0 Å². The first-order valence-corrected chi connectivity index (χ1v) is 5.82. The minimum atomic E-state index is 0.277. The van der Waals surface area contributed by atoms with Gasteiger partial charge in [-0.1, -0.05) is 19.0 Å². The lowest BCUT2D eigenvalue weighted by Gasteiger charge is -2.36. The fourth-order valence-electron chi connectivity index (χ4n) is 1.92. The van der Waals surface area contributed by atoms with Crippen molar-refractivity contribution in [3.8, 4) is 0 Å². The van der Waals surface area contributed by atoms with E-state index in [4.69, 9.17) is 9.63 Å². The molecular formula is C11H19N3O2. The summed E-state index contributed by atoms with van der Waals surface area (Å²) in [5.74, 6) is 2.46. The highest BCUT2D eigenvalue weighted by atomic mass is 16.5. The van der Waals surface area contributed by atoms with Crippen LogP contribution in [-0.4, -0.2) is 39.8 Å². The summed E-state index contributed by atoms with van der Waals surface area (Å²) in [7, 11) is 0. The van der Waals surface area contributed by atoms with E-state index in [2.05, 4.69) is 28.9 Å². The Labute approximate surface area is 95.4 Å². The van der Waals surface area contributed by atoms with E-state index in [0.717, 1.165) is 25.3 Å². The number of aromatic nitrogens is 2. The van der Waals surface area contributed by atoms with Crippen LogP contribution in [0.4, 0.5) is 0 Å². The molecule has 0 radical (unpaired) electrons. The van der Waals surface area contributed by atoms with Crippen molar-refractivity contribution >= 4 is 0 Å². The molecule has 5 nitrogen and oxygen atoms in total. The molecule has 0 saturated carbocycles. The number of aliphatic hydroxyl groups is 1. The smallest absolute Gasteiger partial charge is 0.240 e. The number of hydrogen-bond acceptors (Lipinski definition) is 5. The normalized spacial score (nSPS) is 18.0. The van der Waals surface area contributed by atoms with Gasteiger partial charge in [-0.05, 0) is 5.92 Å². The topological polar surface area (TPSA) is 62.4 Å². The zero-order valence-corrected chi connectivity index (χ0v) is 9.89. The van der Waals surface area contributed by atoms with Crippen LogP contribution in [0.3, 0.4) is 0 Å². The van der Waals surface area contributed by atoms with Gasteiger partial charge in [0.2, 0.25) is 5.89 Å². The molecule has 1 aromatic rings. The van der Waals surface area contributed by atoms with E-state index in [1.54, 1.807) is 0 Å². The Morgan fingerprint density at radius 2 is 2.25 bits per heavy atom. The summed E-state index contributed by atoms with van der Waals surface area (Å²) < 4.78 is 5.18. The van der Waals surface area contributed by atoms with Crippen LogP contribution in [0.1, 0.15) is 25.6 Å². The lowest BCUT2D eigenvalue weighted by atomic mass is 10.0. The van der Waals surface area contributed by atoms with E-state index in [1.807, 2.05) is 0 Å². The molecule has 90 valence electrons. The van der Waals surface area contributed by atoms with Crippen LogP contribution < -0.4 is 0 Å². The lowest BCUT2D eigenvalue weighted by molar-refractivity contribution is 0.0402. The minimum Gasteiger partial charge on any atom is -0.396 e. The van der Waals surface area contributed by atoms with Crippen LogP contribution in [-0.2, 0) is 13.0 Å². The van der Waals surface area contributed by atoms with E-state index in [0.29, 0.717) is 24.3 Å². The molecule has 1 saturated heterocycles. The van der Waals surface area contributed by atoms with Gasteiger partial charge in [0.15, 0.2) is 5.82 Å². The molecule has 2 rings (SSSR count). The second-order valence-corrected chi connectivity index (χ2v) is 4.94. The van der Waals surface area contributed by atoms with Crippen LogP contribution >= 0.6 is 0 Å². The highest BCUT2D eigenvalue weighted by Crippen LogP contribution is 2.17. The Bertz CT molecular complexity index is 332. The van der Waals surface area contributed by atoms with Crippen molar-refractivity contribution in [2.45, 2.75) is 26.8 Å². The molecule has 1 fully saturated rings. The van der Waals surface area contributed by atoms with Gasteiger partial charge >= 0.3 is 0 Å². The third kappa shape index (κ3) is 2.80. The molecule has 1 aromatic heterocycles. The highest BCUT2D eigenvalue weighted by molar-refractivity contribution is 4.90. The van der Waals surface area contributed by atoms with E-state index in [-0.39, 0.29) is 6.61 Å². The van der Waals surface area contributed by atoms with Crippen LogP contribution in [0, 0.1) is 11.8 Å². The van der Waals surface area contributed by atoms with Gasteiger partial charge in [0, 0.05) is 32.0 Å². The maximum absolute atomic E-state index is 8.90. The second-order valence-electron chi connectivity index (χ2n) is 4.94. The molecule has 1 aliphatic heterocycles. The summed E-state index contributed by atoms with van der Waals surface area (Å²) in [6.45, 7) is 7.12. The molecule has 0 unspecified atom stereocenters. The number of likely N-dealkylation sites (tertiary alicyclic amines) is 1. The Morgan fingerprint density at radius 3 is 2.88 bits per heavy atom. The molecule has 2 heterocycles. The van der Waals surface area contributed by atoms with Crippen LogP contribution in [0.5, 0.6) is 0 Å². The van der Waals surface area contributed by atoms with Crippen molar-refractivity contribution in [1.82, 2.24) is 15.0 Å². The first kappa shape index (κ1) is 11.5. The van der Waals surface area contributed by atoms with Crippen molar-refractivity contribution in [3.05, 3.63) is 11.7 Å². The third-order valence-electron chi connectivity index (χ3n) is 2.75. The molecule has 5 heteroatoms. The highest BCUT2D eigenvalue weighted by Gasteiger charge is 2.27. The minimum absolute atomic E-state index is 0.277. The molecule has 0 aliphatic carbocycles. The van der Waals surface area contributed by atoms with Gasteiger partial charge in [-0.15, -0.1) is 0 Å². The van der Waals surface area contributed by atoms with Crippen molar-refractivity contribution in [2.75, 3.05) is 19.7 Å². The Morgan fingerprint density at radius 1 is 1.50 bits per heavy atom. The molecular weight excluding hydrogens is 206 g/mol. The maximum Gasteiger partial charge on any atom is 0.240 e. The van der Waals surface area contributed by atoms with Crippen LogP contribution in [0.25, 0.3) is 0 Å². The van der Waals surface area contributed by atoms with Crippen molar-refractivity contribution in [1.29, 1.82) is 0 Å². The van der Waals surface area contributed by atoms with Gasteiger partial charge in [-0.3, -0.25) is 4.90 Å². The third-order valence-corrected chi connectivity index (χ3v) is 2.75. The van der Waals surface area contributed by atoms with Crippen molar-refractivity contribution in [2.24, 2.45) is 11.8 Å². The lowest BCUT2D eigenvalue weighted by Crippen LogP contribution is -2.47. The Hall–Kier alpha value is -0.940. The predicted octanol–water partition coefficient (Wildman–Crippen LogP) is 0.692. The summed E-state index contributed by atoms with van der Waals surface area (Å²) >= 11 is 0. The largest absolute Gasteiger partial charge is 0.396 e. The van der Waals surface area contributed by atoms with Gasteiger partial charge in [-0.2, -0.15) is 4.98 Å². The summed E-state index contributed by atoms with van der Waals surface area (Å²) in [5, 5.41) is 12.8. The number of aliphatic hydroxyl groups excluding tert-OH is 1. The summed E-state index contributed by atoms with van der Waals surface area (Å²) in [5.41, 5.74) is 0. The average molecular weight is 225 g/mol. The van der Waals surface area contributed by atoms with Crippen LogP contribution in [0.2, 0.25) is 0 Å². The zero-order chi connectivity index (χ0) is 11.5. The summed E-state index contributed by atoms with van der Waals surface area (Å²) in [6.07, 6.45) is 0.864. The molecule has 0 spiro atoms. The average Bonchev–Trinajstić information content (AvgIpc) is 2.57. The standard InChI is InChI=1S/C11H19N3O2/c1-8(2)3-10-12-11(16-13-10)6-14-4-9(5-14)7-15/h8-9,15H,3-7H2,1-2H3. The van der Waals surface area contributed by atoms with E-state index in [1.165, 1.54) is 0 Å². The fraction of sp³-hybridized carbons (Fsp3) is 0.818. The molecule has 0 bridgehead atoms. The summed E-state index contributed by atoms with van der Waals surface area (Å²) in [6, 6.07) is 0. The second kappa shape index (κ2) is 4.93. The van der Waals surface area contributed by atoms with Gasteiger partial charge in [0.05, 0.1) is 6.54 Å². The Balaban J connectivity index is 1.80. The maximum atomic E-state index is 8.90. The SMILES string of the molecule is CC(C)Cc1noc(CN2CC(CO)C2)n1. The quantitative estimate of drug-likeness (QED) is 0.799. The first-order valence-electron chi connectivity index (χ1n) is 5.82. The van der Waals surface area contributed by atoms with Gasteiger partial charge in [-0.25, -0.2) is 0 Å². The number of rotatable bonds is 5. The van der Waals surface area contributed by atoms with E-state index < -0.39 is 0 Å². The van der Waals surface area contributed by atoms with Gasteiger partial charge in [0.1, 0.15) is 0 Å². The molecule has 0 atom stereocenters. The predicted molar refractivity (Wildman–Crippen MR) is 58.7 cm³/mol. The van der Waals surface area contributed by atoms with Gasteiger partial charge in [0.25, 0.3) is 0 Å². The summed E-state index contributed by atoms with van der Waals surface area (Å²) in [4.78, 5) is 6.54. The van der Waals surface area contributed by atoms with Crippen molar-refractivity contribution in [3.63, 3.8) is 0 Å². The van der Waals surface area contributed by atoms with E-state index in [9.17, 15) is 0 Å². The fourth-order valence-corrected chi connectivity index (χ4v) is 1.92. The molecule has 1 aliphatic rings. The molecule has 16 heavy (non-hydrogen) atoms. The van der Waals surface area contributed by atoms with Crippen molar-refractivity contribution < 1.29 is 9.63 Å². The number of hydrogen-bond donors (Lipinski definition) is 1. The zero-order valence-electron chi connectivity index (χ0n) is 9.89. The van der Waals surface area contributed by atoms with Gasteiger partial charge < -0.3 is 9.63 Å². The Kier molecular flexibility index (Phi) is 3.56. The number of nitrogens with zero attached hydrogens (tertiary/aromatic N) is 3. The molecule has 0 aromatic carbocycles. The monoisotopic (exact) mass is 225 g/mol. The molecule has 0 amide bonds.